The molecule has 0 radical (unpaired) electrons. The summed E-state index contributed by atoms with van der Waals surface area (Å²) in [6.45, 7) is 1.38. The summed E-state index contributed by atoms with van der Waals surface area (Å²) >= 11 is 0. The summed E-state index contributed by atoms with van der Waals surface area (Å²) in [7, 11) is 2.92. The number of carbonyl (C=O) groups excluding carboxylic acids is 3. The molecule has 1 aromatic carbocycles. The van der Waals surface area contributed by atoms with Gasteiger partial charge in [-0.25, -0.2) is 4.79 Å². The number of nitro benzene ring substituents is 1. The standard InChI is InChI=1S/C19H16N2O8/c1-10-13(16-17(20(10)2)14(22)8-15(27-3)18(16)23)9-28-19(24)29-12-6-4-11(5-7-12)21(25)26/h4-8H,9H2,1-3H3. The van der Waals surface area contributed by atoms with Crippen molar-refractivity contribution in [3.05, 3.63) is 68.7 Å². The van der Waals surface area contributed by atoms with E-state index in [0.29, 0.717) is 11.3 Å². The molecule has 2 aromatic rings. The van der Waals surface area contributed by atoms with Gasteiger partial charge < -0.3 is 18.8 Å². The molecule has 0 unspecified atom stereocenters. The van der Waals surface area contributed by atoms with Gasteiger partial charge in [0.25, 0.3) is 5.69 Å². The van der Waals surface area contributed by atoms with Gasteiger partial charge in [0, 0.05) is 36.5 Å². The Hall–Kier alpha value is -3.95. The van der Waals surface area contributed by atoms with E-state index < -0.39 is 16.9 Å². The van der Waals surface area contributed by atoms with Crippen molar-refractivity contribution in [3.8, 4) is 5.75 Å². The van der Waals surface area contributed by atoms with Crippen LogP contribution >= 0.6 is 0 Å². The second-order valence-electron chi connectivity index (χ2n) is 6.14. The number of Topliss-reactive ketones (excluding diaryl/α,β-unsaturated/α-hetero) is 1. The van der Waals surface area contributed by atoms with Crippen LogP contribution in [0.4, 0.5) is 10.5 Å². The van der Waals surface area contributed by atoms with Gasteiger partial charge >= 0.3 is 6.16 Å². The van der Waals surface area contributed by atoms with Crippen LogP contribution in [0.15, 0.2) is 36.1 Å². The largest absolute Gasteiger partial charge is 0.514 e. The Morgan fingerprint density at radius 3 is 2.45 bits per heavy atom. The van der Waals surface area contributed by atoms with Gasteiger partial charge in [-0.3, -0.25) is 19.7 Å². The van der Waals surface area contributed by atoms with Crippen LogP contribution in [0, 0.1) is 17.0 Å². The summed E-state index contributed by atoms with van der Waals surface area (Å²) < 4.78 is 16.6. The Balaban J connectivity index is 1.77. The SMILES string of the molecule is COC1=CC(=O)c2c(c(COC(=O)Oc3ccc([N+](=O)[O-])cc3)c(C)n2C)C1=O. The van der Waals surface area contributed by atoms with Gasteiger partial charge in [0.1, 0.15) is 18.1 Å². The van der Waals surface area contributed by atoms with Crippen molar-refractivity contribution < 1.29 is 33.5 Å². The molecule has 0 fully saturated rings. The summed E-state index contributed by atoms with van der Waals surface area (Å²) in [5, 5.41) is 10.6. The first-order chi connectivity index (χ1) is 13.7. The molecule has 0 saturated carbocycles. The quantitative estimate of drug-likeness (QED) is 0.324. The molecule has 0 aliphatic heterocycles. The van der Waals surface area contributed by atoms with E-state index in [-0.39, 0.29) is 40.8 Å². The van der Waals surface area contributed by atoms with E-state index in [0.717, 1.165) is 6.08 Å². The smallest absolute Gasteiger partial charge is 0.492 e. The number of ketones is 2. The highest BCUT2D eigenvalue weighted by molar-refractivity contribution is 6.24. The summed E-state index contributed by atoms with van der Waals surface area (Å²) in [4.78, 5) is 47.0. The Morgan fingerprint density at radius 1 is 1.21 bits per heavy atom. The summed E-state index contributed by atoms with van der Waals surface area (Å²) in [6, 6.07) is 4.88. The zero-order valence-electron chi connectivity index (χ0n) is 15.8. The van der Waals surface area contributed by atoms with Crippen LogP contribution < -0.4 is 4.74 Å². The Labute approximate surface area is 164 Å². The molecule has 3 rings (SSSR count). The molecule has 0 atom stereocenters. The van der Waals surface area contributed by atoms with Crippen LogP contribution in [0.25, 0.3) is 0 Å². The highest BCUT2D eigenvalue weighted by Crippen LogP contribution is 2.30. The van der Waals surface area contributed by atoms with Crippen LogP contribution in [0.3, 0.4) is 0 Å². The van der Waals surface area contributed by atoms with Crippen molar-refractivity contribution in [1.29, 1.82) is 0 Å². The molecule has 0 saturated heterocycles. The van der Waals surface area contributed by atoms with E-state index >= 15 is 0 Å². The number of nitro groups is 1. The summed E-state index contributed by atoms with van der Waals surface area (Å²) in [5.41, 5.74) is 1.10. The molecule has 150 valence electrons. The van der Waals surface area contributed by atoms with Gasteiger partial charge in [0.2, 0.25) is 11.6 Å². The lowest BCUT2D eigenvalue weighted by molar-refractivity contribution is -0.384. The van der Waals surface area contributed by atoms with Gasteiger partial charge in [0.05, 0.1) is 17.6 Å². The third-order valence-corrected chi connectivity index (χ3v) is 4.56. The summed E-state index contributed by atoms with van der Waals surface area (Å²) in [6.07, 6.45) is 0.0605. The lowest BCUT2D eigenvalue weighted by atomic mass is 9.96. The number of rotatable bonds is 5. The molecule has 0 N–H and O–H groups in total. The van der Waals surface area contributed by atoms with E-state index in [9.17, 15) is 24.5 Å². The number of fused-ring (bicyclic) bond motifs is 1. The van der Waals surface area contributed by atoms with Gasteiger partial charge in [-0.05, 0) is 19.1 Å². The van der Waals surface area contributed by atoms with Gasteiger partial charge in [0.15, 0.2) is 5.76 Å². The number of carbonyl (C=O) groups is 3. The van der Waals surface area contributed by atoms with Crippen molar-refractivity contribution in [3.63, 3.8) is 0 Å². The Bertz CT molecular complexity index is 1060. The second kappa shape index (κ2) is 7.58. The number of nitrogens with zero attached hydrogens (tertiary/aromatic N) is 2. The minimum atomic E-state index is -1.06. The average Bonchev–Trinajstić information content (AvgIpc) is 2.95. The topological polar surface area (TPSA) is 127 Å². The minimum absolute atomic E-state index is 0.0586. The zero-order valence-corrected chi connectivity index (χ0v) is 15.8. The molecule has 1 aromatic heterocycles. The maximum absolute atomic E-state index is 12.6. The predicted octanol–water partition coefficient (Wildman–Crippen LogP) is 2.87. The van der Waals surface area contributed by atoms with Crippen molar-refractivity contribution in [1.82, 2.24) is 4.57 Å². The first kappa shape index (κ1) is 19.8. The number of aromatic nitrogens is 1. The molecule has 0 bridgehead atoms. The van der Waals surface area contributed by atoms with E-state index in [1.54, 1.807) is 18.5 Å². The molecule has 0 spiro atoms. The van der Waals surface area contributed by atoms with Crippen LogP contribution in [0.2, 0.25) is 0 Å². The average molecular weight is 400 g/mol. The Morgan fingerprint density at radius 2 is 1.86 bits per heavy atom. The number of benzene rings is 1. The molecule has 1 heterocycles. The molecule has 10 heteroatoms. The lowest BCUT2D eigenvalue weighted by Crippen LogP contribution is -2.20. The second-order valence-corrected chi connectivity index (χ2v) is 6.14. The van der Waals surface area contributed by atoms with Crippen molar-refractivity contribution in [2.75, 3.05) is 7.11 Å². The number of allylic oxidation sites excluding steroid dienone is 2. The molecule has 29 heavy (non-hydrogen) atoms. The maximum atomic E-state index is 12.6. The minimum Gasteiger partial charge on any atom is -0.492 e. The van der Waals surface area contributed by atoms with Crippen molar-refractivity contribution in [2.24, 2.45) is 7.05 Å². The normalized spacial score (nSPS) is 12.9. The zero-order chi connectivity index (χ0) is 21.3. The lowest BCUT2D eigenvalue weighted by Gasteiger charge is -2.13. The van der Waals surface area contributed by atoms with Gasteiger partial charge in [-0.15, -0.1) is 0 Å². The number of hydrogen-bond donors (Lipinski definition) is 0. The van der Waals surface area contributed by atoms with E-state index in [4.69, 9.17) is 14.2 Å². The van der Waals surface area contributed by atoms with Crippen LogP contribution in [0.5, 0.6) is 5.75 Å². The van der Waals surface area contributed by atoms with E-state index in [2.05, 4.69) is 0 Å². The molecular formula is C19H16N2O8. The van der Waals surface area contributed by atoms with Crippen LogP contribution in [-0.2, 0) is 23.1 Å². The summed E-state index contributed by atoms with van der Waals surface area (Å²) in [5.74, 6) is -0.902. The van der Waals surface area contributed by atoms with Crippen LogP contribution in [0.1, 0.15) is 32.1 Å². The van der Waals surface area contributed by atoms with Crippen LogP contribution in [-0.4, -0.2) is 34.3 Å². The molecular weight excluding hydrogens is 384 g/mol. The number of methoxy groups -OCH3 is 1. The fourth-order valence-electron chi connectivity index (χ4n) is 2.99. The molecule has 1 aliphatic carbocycles. The fourth-order valence-corrected chi connectivity index (χ4v) is 2.99. The highest BCUT2D eigenvalue weighted by Gasteiger charge is 2.34. The van der Waals surface area contributed by atoms with Crippen molar-refractivity contribution >= 4 is 23.4 Å². The first-order valence-electron chi connectivity index (χ1n) is 8.36. The highest BCUT2D eigenvalue weighted by atomic mass is 16.7. The number of hydrogen-bond acceptors (Lipinski definition) is 8. The third kappa shape index (κ3) is 3.59. The van der Waals surface area contributed by atoms with E-state index in [1.807, 2.05) is 0 Å². The van der Waals surface area contributed by atoms with Gasteiger partial charge in [-0.1, -0.05) is 0 Å². The van der Waals surface area contributed by atoms with Crippen molar-refractivity contribution in [2.45, 2.75) is 13.5 Å². The number of non-ortho nitro benzene ring substituents is 1. The van der Waals surface area contributed by atoms with Gasteiger partial charge in [-0.2, -0.15) is 0 Å². The van der Waals surface area contributed by atoms with E-state index in [1.165, 1.54) is 31.4 Å². The molecule has 1 aliphatic rings. The molecule has 10 nitrogen and oxygen atoms in total. The Kier molecular flexibility index (Phi) is 5.18. The maximum Gasteiger partial charge on any atom is 0.514 e. The fraction of sp³-hybridized carbons (Fsp3) is 0.211. The number of ether oxygens (including phenoxy) is 3. The third-order valence-electron chi connectivity index (χ3n) is 4.56. The first-order valence-corrected chi connectivity index (χ1v) is 8.36. The predicted molar refractivity (Wildman–Crippen MR) is 97.8 cm³/mol. The molecule has 0 amide bonds. The monoisotopic (exact) mass is 400 g/mol.